The third-order valence-electron chi connectivity index (χ3n) is 2.49. The molecule has 0 radical (unpaired) electrons. The van der Waals surface area contributed by atoms with Crippen LogP contribution in [0.4, 0.5) is 4.39 Å². The van der Waals surface area contributed by atoms with Gasteiger partial charge >= 0.3 is 0 Å². The quantitative estimate of drug-likeness (QED) is 0.777. The number of benzene rings is 1. The lowest BCUT2D eigenvalue weighted by Crippen LogP contribution is -1.95. The smallest absolute Gasteiger partial charge is 0.123 e. The SMILES string of the molecule is CCn1cc(CN)c2cc(F)ccc21. The first-order valence-electron chi connectivity index (χ1n) is 4.73. The van der Waals surface area contributed by atoms with E-state index in [-0.39, 0.29) is 5.82 Å². The third kappa shape index (κ3) is 1.30. The van der Waals surface area contributed by atoms with Crippen LogP contribution in [0.3, 0.4) is 0 Å². The van der Waals surface area contributed by atoms with Crippen molar-refractivity contribution in [1.82, 2.24) is 4.57 Å². The summed E-state index contributed by atoms with van der Waals surface area (Å²) in [6.07, 6.45) is 1.99. The summed E-state index contributed by atoms with van der Waals surface area (Å²) >= 11 is 0. The fourth-order valence-electron chi connectivity index (χ4n) is 1.77. The standard InChI is InChI=1S/C11H13FN2/c1-2-14-7-8(6-13)10-5-9(12)3-4-11(10)14/h3-5,7H,2,6,13H2,1H3. The second-order valence-corrected chi connectivity index (χ2v) is 3.31. The monoisotopic (exact) mass is 192 g/mol. The molecule has 0 aliphatic carbocycles. The van der Waals surface area contributed by atoms with Gasteiger partial charge in [-0.3, -0.25) is 0 Å². The Morgan fingerprint density at radius 1 is 1.43 bits per heavy atom. The lowest BCUT2D eigenvalue weighted by molar-refractivity contribution is 0.629. The highest BCUT2D eigenvalue weighted by atomic mass is 19.1. The van der Waals surface area contributed by atoms with Crippen molar-refractivity contribution in [3.63, 3.8) is 0 Å². The van der Waals surface area contributed by atoms with Crippen molar-refractivity contribution in [2.24, 2.45) is 5.73 Å². The minimum absolute atomic E-state index is 0.207. The van der Waals surface area contributed by atoms with E-state index in [1.165, 1.54) is 6.07 Å². The number of nitrogens with zero attached hydrogens (tertiary/aromatic N) is 1. The van der Waals surface area contributed by atoms with Crippen LogP contribution in [0.15, 0.2) is 24.4 Å². The number of fused-ring (bicyclic) bond motifs is 1. The normalized spacial score (nSPS) is 11.1. The van der Waals surface area contributed by atoms with Gasteiger partial charge in [0.05, 0.1) is 0 Å². The predicted octanol–water partition coefficient (Wildman–Crippen LogP) is 2.26. The Hall–Kier alpha value is -1.35. The molecule has 3 heteroatoms. The molecule has 1 heterocycles. The number of aryl methyl sites for hydroxylation is 1. The maximum atomic E-state index is 13.0. The van der Waals surface area contributed by atoms with Crippen molar-refractivity contribution in [3.8, 4) is 0 Å². The van der Waals surface area contributed by atoms with Gasteiger partial charge < -0.3 is 10.3 Å². The Kier molecular flexibility index (Phi) is 2.25. The second kappa shape index (κ2) is 3.42. The predicted molar refractivity (Wildman–Crippen MR) is 55.5 cm³/mol. The minimum atomic E-state index is -0.207. The van der Waals surface area contributed by atoms with Gasteiger partial charge in [-0.05, 0) is 30.7 Å². The average Bonchev–Trinajstić information content (AvgIpc) is 2.55. The molecule has 0 amide bonds. The van der Waals surface area contributed by atoms with E-state index in [1.807, 2.05) is 6.20 Å². The van der Waals surface area contributed by atoms with Crippen molar-refractivity contribution in [3.05, 3.63) is 35.8 Å². The van der Waals surface area contributed by atoms with Gasteiger partial charge in [0.1, 0.15) is 5.82 Å². The van der Waals surface area contributed by atoms with Gasteiger partial charge in [-0.1, -0.05) is 0 Å². The van der Waals surface area contributed by atoms with Crippen molar-refractivity contribution < 1.29 is 4.39 Å². The molecular weight excluding hydrogens is 179 g/mol. The topological polar surface area (TPSA) is 30.9 Å². The van der Waals surface area contributed by atoms with E-state index in [2.05, 4.69) is 11.5 Å². The second-order valence-electron chi connectivity index (χ2n) is 3.31. The number of hydrogen-bond acceptors (Lipinski definition) is 1. The van der Waals surface area contributed by atoms with Gasteiger partial charge in [-0.15, -0.1) is 0 Å². The van der Waals surface area contributed by atoms with Crippen LogP contribution in [0.2, 0.25) is 0 Å². The highest BCUT2D eigenvalue weighted by molar-refractivity contribution is 5.84. The van der Waals surface area contributed by atoms with Gasteiger partial charge in [-0.25, -0.2) is 4.39 Å². The number of rotatable bonds is 2. The first kappa shape index (κ1) is 9.21. The molecule has 0 aliphatic rings. The lowest BCUT2D eigenvalue weighted by Gasteiger charge is -1.98. The van der Waals surface area contributed by atoms with Gasteiger partial charge in [0, 0.05) is 30.2 Å². The summed E-state index contributed by atoms with van der Waals surface area (Å²) in [5, 5.41) is 0.925. The zero-order valence-corrected chi connectivity index (χ0v) is 8.13. The zero-order chi connectivity index (χ0) is 10.1. The maximum Gasteiger partial charge on any atom is 0.123 e. The summed E-state index contributed by atoms with van der Waals surface area (Å²) in [6, 6.07) is 4.83. The highest BCUT2D eigenvalue weighted by Crippen LogP contribution is 2.22. The molecule has 1 aromatic carbocycles. The Morgan fingerprint density at radius 3 is 2.86 bits per heavy atom. The van der Waals surface area contributed by atoms with Crippen LogP contribution in [0, 0.1) is 5.82 Å². The molecule has 0 fully saturated rings. The first-order chi connectivity index (χ1) is 6.76. The molecule has 1 aromatic heterocycles. The van der Waals surface area contributed by atoms with Gasteiger partial charge in [-0.2, -0.15) is 0 Å². The largest absolute Gasteiger partial charge is 0.347 e. The van der Waals surface area contributed by atoms with Gasteiger partial charge in [0.25, 0.3) is 0 Å². The Bertz CT molecular complexity index is 460. The van der Waals surface area contributed by atoms with Crippen LogP contribution >= 0.6 is 0 Å². The van der Waals surface area contributed by atoms with Crippen molar-refractivity contribution in [1.29, 1.82) is 0 Å². The molecule has 2 aromatic rings. The molecule has 0 aliphatic heterocycles. The Morgan fingerprint density at radius 2 is 2.21 bits per heavy atom. The van der Waals surface area contributed by atoms with Crippen LogP contribution in [0.25, 0.3) is 10.9 Å². The lowest BCUT2D eigenvalue weighted by atomic mass is 10.2. The van der Waals surface area contributed by atoms with E-state index >= 15 is 0 Å². The average molecular weight is 192 g/mol. The third-order valence-corrected chi connectivity index (χ3v) is 2.49. The van der Waals surface area contributed by atoms with E-state index in [0.717, 1.165) is 23.0 Å². The molecule has 0 saturated carbocycles. The molecule has 74 valence electrons. The fourth-order valence-corrected chi connectivity index (χ4v) is 1.77. The molecule has 0 atom stereocenters. The van der Waals surface area contributed by atoms with E-state index in [4.69, 9.17) is 5.73 Å². The summed E-state index contributed by atoms with van der Waals surface area (Å²) in [6.45, 7) is 3.39. The minimum Gasteiger partial charge on any atom is -0.347 e. The van der Waals surface area contributed by atoms with Crippen LogP contribution in [-0.4, -0.2) is 4.57 Å². The summed E-state index contributed by atoms with van der Waals surface area (Å²) in [5.74, 6) is -0.207. The van der Waals surface area contributed by atoms with E-state index in [9.17, 15) is 4.39 Å². The number of halogens is 1. The Labute approximate surface area is 82.1 Å². The molecule has 0 spiro atoms. The van der Waals surface area contributed by atoms with Gasteiger partial charge in [0.15, 0.2) is 0 Å². The van der Waals surface area contributed by atoms with Crippen LogP contribution in [0.5, 0.6) is 0 Å². The molecule has 0 saturated heterocycles. The zero-order valence-electron chi connectivity index (χ0n) is 8.13. The van der Waals surface area contributed by atoms with E-state index in [1.54, 1.807) is 12.1 Å². The highest BCUT2D eigenvalue weighted by Gasteiger charge is 2.06. The summed E-state index contributed by atoms with van der Waals surface area (Å²) in [5.41, 5.74) is 7.65. The first-order valence-corrected chi connectivity index (χ1v) is 4.73. The van der Waals surface area contributed by atoms with E-state index < -0.39 is 0 Å². The Balaban J connectivity index is 2.75. The number of hydrogen-bond donors (Lipinski definition) is 1. The van der Waals surface area contributed by atoms with Crippen LogP contribution in [-0.2, 0) is 13.1 Å². The molecule has 2 N–H and O–H groups in total. The summed E-state index contributed by atoms with van der Waals surface area (Å²) in [7, 11) is 0. The molecular formula is C11H13FN2. The fraction of sp³-hybridized carbons (Fsp3) is 0.273. The van der Waals surface area contributed by atoms with Gasteiger partial charge in [0.2, 0.25) is 0 Å². The molecule has 0 unspecified atom stereocenters. The summed E-state index contributed by atoms with van der Waals surface area (Å²) < 4.78 is 15.1. The molecule has 0 bridgehead atoms. The van der Waals surface area contributed by atoms with Crippen molar-refractivity contribution in [2.45, 2.75) is 20.0 Å². The van der Waals surface area contributed by atoms with Crippen molar-refractivity contribution in [2.75, 3.05) is 0 Å². The maximum absolute atomic E-state index is 13.0. The molecule has 14 heavy (non-hydrogen) atoms. The van der Waals surface area contributed by atoms with Crippen LogP contribution < -0.4 is 5.73 Å². The number of aromatic nitrogens is 1. The van der Waals surface area contributed by atoms with E-state index in [0.29, 0.717) is 6.54 Å². The number of nitrogens with two attached hydrogens (primary N) is 1. The van der Waals surface area contributed by atoms with Crippen molar-refractivity contribution >= 4 is 10.9 Å². The molecule has 2 nitrogen and oxygen atoms in total. The summed E-state index contributed by atoms with van der Waals surface area (Å²) in [4.78, 5) is 0. The molecule has 2 rings (SSSR count). The van der Waals surface area contributed by atoms with Crippen LogP contribution in [0.1, 0.15) is 12.5 Å².